The molecule has 3 aromatic rings. The molecule has 0 aromatic carbocycles. The maximum Gasteiger partial charge on any atom is 0.274 e. The van der Waals surface area contributed by atoms with Crippen LogP contribution in [0, 0.1) is 5.95 Å². The predicted molar refractivity (Wildman–Crippen MR) is 91.2 cm³/mol. The minimum atomic E-state index is -0.609. The molecule has 0 aliphatic carbocycles. The summed E-state index contributed by atoms with van der Waals surface area (Å²) in [7, 11) is 0. The second-order valence-electron chi connectivity index (χ2n) is 6.15. The Morgan fingerprint density at radius 2 is 2.31 bits per heavy atom. The molecule has 1 unspecified atom stereocenters. The van der Waals surface area contributed by atoms with Crippen molar-refractivity contribution in [2.24, 2.45) is 0 Å². The first-order chi connectivity index (χ1) is 12.6. The zero-order valence-corrected chi connectivity index (χ0v) is 14.4. The number of rotatable bonds is 3. The molecule has 3 aromatic heterocycles. The van der Waals surface area contributed by atoms with Crippen molar-refractivity contribution in [1.82, 2.24) is 25.0 Å². The highest BCUT2D eigenvalue weighted by molar-refractivity contribution is 6.30. The molecule has 1 aliphatic rings. The lowest BCUT2D eigenvalue weighted by atomic mass is 9.97. The molecule has 0 spiro atoms. The topological polar surface area (TPSA) is 87.9 Å². The first kappa shape index (κ1) is 16.7. The molecular formula is C17H15ClFN5O2. The molecule has 4 rings (SSSR count). The molecule has 1 fully saturated rings. The van der Waals surface area contributed by atoms with E-state index in [1.165, 1.54) is 18.3 Å². The van der Waals surface area contributed by atoms with Crippen molar-refractivity contribution in [3.05, 3.63) is 53.0 Å². The third-order valence-electron chi connectivity index (χ3n) is 4.37. The monoisotopic (exact) mass is 375 g/mol. The van der Waals surface area contributed by atoms with Gasteiger partial charge in [-0.25, -0.2) is 4.98 Å². The maximum absolute atomic E-state index is 12.9. The van der Waals surface area contributed by atoms with E-state index >= 15 is 0 Å². The first-order valence-electron chi connectivity index (χ1n) is 8.19. The van der Waals surface area contributed by atoms with Crippen LogP contribution in [-0.4, -0.2) is 44.0 Å². The van der Waals surface area contributed by atoms with Crippen LogP contribution in [0.1, 0.15) is 34.9 Å². The second kappa shape index (κ2) is 6.87. The summed E-state index contributed by atoms with van der Waals surface area (Å²) in [5, 5.41) is 4.61. The summed E-state index contributed by atoms with van der Waals surface area (Å²) < 4.78 is 18.3. The summed E-state index contributed by atoms with van der Waals surface area (Å²) in [6, 6.07) is 4.33. The molecule has 1 amide bonds. The van der Waals surface area contributed by atoms with Gasteiger partial charge in [-0.05, 0) is 31.0 Å². The molecule has 134 valence electrons. The van der Waals surface area contributed by atoms with Crippen molar-refractivity contribution < 1.29 is 13.7 Å². The van der Waals surface area contributed by atoms with Gasteiger partial charge in [-0.3, -0.25) is 4.79 Å². The lowest BCUT2D eigenvalue weighted by Crippen LogP contribution is -2.39. The molecule has 0 radical (unpaired) electrons. The van der Waals surface area contributed by atoms with E-state index in [0.29, 0.717) is 41.1 Å². The number of carbonyl (C=O) groups is 1. The van der Waals surface area contributed by atoms with Crippen molar-refractivity contribution in [2.45, 2.75) is 18.8 Å². The van der Waals surface area contributed by atoms with Crippen LogP contribution in [0.15, 0.2) is 35.1 Å². The Morgan fingerprint density at radius 1 is 1.42 bits per heavy atom. The SMILES string of the molecule is O=C(c1ccc(F)nc1)N1CCCC(c2noc(-c3cc(Cl)c[nH]3)n2)C1. The molecule has 1 atom stereocenters. The van der Waals surface area contributed by atoms with Gasteiger partial charge in [0, 0.05) is 31.4 Å². The van der Waals surface area contributed by atoms with Crippen LogP contribution in [0.3, 0.4) is 0 Å². The van der Waals surface area contributed by atoms with Crippen molar-refractivity contribution in [3.63, 3.8) is 0 Å². The number of halogens is 2. The Bertz CT molecular complexity index is 923. The highest BCUT2D eigenvalue weighted by Gasteiger charge is 2.29. The summed E-state index contributed by atoms with van der Waals surface area (Å²) in [6.45, 7) is 1.10. The fraction of sp³-hybridized carbons (Fsp3) is 0.294. The van der Waals surface area contributed by atoms with Gasteiger partial charge in [0.1, 0.15) is 5.69 Å². The molecule has 26 heavy (non-hydrogen) atoms. The fourth-order valence-electron chi connectivity index (χ4n) is 3.06. The Kier molecular flexibility index (Phi) is 4.42. The van der Waals surface area contributed by atoms with Crippen LogP contribution in [0.4, 0.5) is 4.39 Å². The maximum atomic E-state index is 12.9. The molecule has 4 heterocycles. The Morgan fingerprint density at radius 3 is 3.04 bits per heavy atom. The Labute approximate surface area is 153 Å². The number of nitrogens with zero attached hydrogens (tertiary/aromatic N) is 4. The number of carbonyl (C=O) groups excluding carboxylic acids is 1. The molecule has 9 heteroatoms. The summed E-state index contributed by atoms with van der Waals surface area (Å²) in [4.78, 5) is 25.2. The number of aromatic amines is 1. The number of hydrogen-bond acceptors (Lipinski definition) is 5. The summed E-state index contributed by atoms with van der Waals surface area (Å²) in [6.07, 6.45) is 4.57. The summed E-state index contributed by atoms with van der Waals surface area (Å²) in [5.41, 5.74) is 1.01. The van der Waals surface area contributed by atoms with Crippen LogP contribution in [0.25, 0.3) is 11.6 Å². The van der Waals surface area contributed by atoms with Crippen LogP contribution in [-0.2, 0) is 0 Å². The van der Waals surface area contributed by atoms with Gasteiger partial charge in [0.2, 0.25) is 5.95 Å². The fourth-order valence-corrected chi connectivity index (χ4v) is 3.22. The van der Waals surface area contributed by atoms with E-state index in [0.717, 1.165) is 12.8 Å². The van der Waals surface area contributed by atoms with Crippen molar-refractivity contribution in [2.75, 3.05) is 13.1 Å². The number of aromatic nitrogens is 4. The smallest absolute Gasteiger partial charge is 0.274 e. The van der Waals surface area contributed by atoms with Gasteiger partial charge in [0.15, 0.2) is 5.82 Å². The zero-order valence-electron chi connectivity index (χ0n) is 13.7. The highest BCUT2D eigenvalue weighted by Crippen LogP contribution is 2.28. The Hall–Kier alpha value is -2.74. The number of H-pyrrole nitrogens is 1. The van der Waals surface area contributed by atoms with E-state index in [4.69, 9.17) is 16.1 Å². The molecule has 1 aliphatic heterocycles. The van der Waals surface area contributed by atoms with Gasteiger partial charge in [-0.15, -0.1) is 0 Å². The van der Waals surface area contributed by atoms with Crippen LogP contribution in [0.5, 0.6) is 0 Å². The third kappa shape index (κ3) is 3.32. The van der Waals surface area contributed by atoms with Gasteiger partial charge >= 0.3 is 0 Å². The van der Waals surface area contributed by atoms with Gasteiger partial charge in [0.25, 0.3) is 11.8 Å². The van der Waals surface area contributed by atoms with Crippen LogP contribution >= 0.6 is 11.6 Å². The first-order valence-corrected chi connectivity index (χ1v) is 8.56. The highest BCUT2D eigenvalue weighted by atomic mass is 35.5. The van der Waals surface area contributed by atoms with Crippen molar-refractivity contribution in [1.29, 1.82) is 0 Å². The van der Waals surface area contributed by atoms with Crippen molar-refractivity contribution in [3.8, 4) is 11.6 Å². The molecule has 1 saturated heterocycles. The van der Waals surface area contributed by atoms with E-state index in [1.807, 2.05) is 0 Å². The molecule has 0 bridgehead atoms. The minimum absolute atomic E-state index is 0.0240. The molecule has 7 nitrogen and oxygen atoms in total. The summed E-state index contributed by atoms with van der Waals surface area (Å²) >= 11 is 5.89. The van der Waals surface area contributed by atoms with Gasteiger partial charge in [0.05, 0.1) is 10.6 Å². The quantitative estimate of drug-likeness (QED) is 0.710. The number of nitrogens with one attached hydrogen (secondary N) is 1. The predicted octanol–water partition coefficient (Wildman–Crippen LogP) is 3.27. The largest absolute Gasteiger partial charge is 0.356 e. The zero-order chi connectivity index (χ0) is 18.1. The normalized spacial score (nSPS) is 17.5. The average molecular weight is 376 g/mol. The number of hydrogen-bond donors (Lipinski definition) is 1. The van der Waals surface area contributed by atoms with Crippen LogP contribution in [0.2, 0.25) is 5.02 Å². The van der Waals surface area contributed by atoms with Crippen molar-refractivity contribution >= 4 is 17.5 Å². The van der Waals surface area contributed by atoms with Gasteiger partial charge in [-0.1, -0.05) is 16.8 Å². The van der Waals surface area contributed by atoms with E-state index in [1.54, 1.807) is 17.2 Å². The van der Waals surface area contributed by atoms with Crippen LogP contribution < -0.4 is 0 Å². The van der Waals surface area contributed by atoms with E-state index in [2.05, 4.69) is 20.1 Å². The van der Waals surface area contributed by atoms with E-state index < -0.39 is 5.95 Å². The number of amides is 1. The molecule has 1 N–H and O–H groups in total. The van der Waals surface area contributed by atoms with E-state index in [-0.39, 0.29) is 11.8 Å². The third-order valence-corrected chi connectivity index (χ3v) is 4.59. The summed E-state index contributed by atoms with van der Waals surface area (Å²) in [5.74, 6) is 0.103. The number of likely N-dealkylation sites (tertiary alicyclic amines) is 1. The lowest BCUT2D eigenvalue weighted by Gasteiger charge is -2.31. The average Bonchev–Trinajstić information content (AvgIpc) is 3.31. The van der Waals surface area contributed by atoms with Gasteiger partial charge in [-0.2, -0.15) is 9.37 Å². The molecule has 0 saturated carbocycles. The lowest BCUT2D eigenvalue weighted by molar-refractivity contribution is 0.0703. The molecular weight excluding hydrogens is 361 g/mol. The second-order valence-corrected chi connectivity index (χ2v) is 6.59. The standard InChI is InChI=1S/C17H15ClFN5O2/c18-12-6-13(20-8-12)16-22-15(23-26-16)11-2-1-5-24(9-11)17(25)10-3-4-14(19)21-7-10/h3-4,6-8,11,20H,1-2,5,9H2. The number of piperidine rings is 1. The van der Waals surface area contributed by atoms with E-state index in [9.17, 15) is 9.18 Å². The Balaban J connectivity index is 1.49. The minimum Gasteiger partial charge on any atom is -0.356 e. The number of pyridine rings is 1. The van der Waals surface area contributed by atoms with Gasteiger partial charge < -0.3 is 14.4 Å².